The maximum Gasteiger partial charge on any atom is 0.229 e. The summed E-state index contributed by atoms with van der Waals surface area (Å²) in [5.41, 5.74) is 2.72. The van der Waals surface area contributed by atoms with Gasteiger partial charge in [0, 0.05) is 18.5 Å². The second-order valence-electron chi connectivity index (χ2n) is 5.10. The van der Waals surface area contributed by atoms with E-state index in [9.17, 15) is 4.79 Å². The first-order valence-corrected chi connectivity index (χ1v) is 7.25. The van der Waals surface area contributed by atoms with Crippen LogP contribution in [0.2, 0.25) is 0 Å². The number of hydrogen-bond acceptors (Lipinski definition) is 5. The van der Waals surface area contributed by atoms with Crippen LogP contribution in [0.5, 0.6) is 0 Å². The Kier molecular flexibility index (Phi) is 5.76. The summed E-state index contributed by atoms with van der Waals surface area (Å²) in [6.07, 6.45) is 6.77. The number of quaternary nitrogens is 1. The van der Waals surface area contributed by atoms with Gasteiger partial charge in [0.2, 0.25) is 5.91 Å². The highest BCUT2D eigenvalue weighted by molar-refractivity contribution is 6.02. The Morgan fingerprint density at radius 2 is 2.30 bits per heavy atom. The van der Waals surface area contributed by atoms with Gasteiger partial charge in [-0.05, 0) is 25.5 Å². The molecule has 0 fully saturated rings. The van der Waals surface area contributed by atoms with Gasteiger partial charge >= 0.3 is 0 Å². The molecule has 0 bridgehead atoms. The van der Waals surface area contributed by atoms with Crippen LogP contribution in [0.1, 0.15) is 22.6 Å². The van der Waals surface area contributed by atoms with Gasteiger partial charge in [0.05, 0.1) is 23.9 Å². The molecular formula is C16H20N5O2+. The normalized spacial score (nSPS) is 10.9. The quantitative estimate of drug-likeness (QED) is 0.536. The highest BCUT2D eigenvalue weighted by Gasteiger charge is 2.09. The van der Waals surface area contributed by atoms with Crippen LogP contribution in [0.15, 0.2) is 41.3 Å². The van der Waals surface area contributed by atoms with Crippen molar-refractivity contribution in [2.75, 3.05) is 0 Å². The number of pyridine rings is 1. The molecule has 7 nitrogen and oxygen atoms in total. The van der Waals surface area contributed by atoms with Crippen molar-refractivity contribution < 1.29 is 14.6 Å². The second-order valence-corrected chi connectivity index (χ2v) is 5.10. The number of nitrogens with one attached hydrogen (secondary N) is 2. The van der Waals surface area contributed by atoms with Gasteiger partial charge in [-0.1, -0.05) is 11.2 Å². The lowest BCUT2D eigenvalue weighted by atomic mass is 10.2. The fourth-order valence-electron chi connectivity index (χ4n) is 2.07. The van der Waals surface area contributed by atoms with Crippen molar-refractivity contribution in [2.45, 2.75) is 26.8 Å². The van der Waals surface area contributed by atoms with E-state index in [1.165, 1.54) is 0 Å². The lowest BCUT2D eigenvalue weighted by Gasteiger charge is -2.02. The zero-order valence-corrected chi connectivity index (χ0v) is 13.2. The van der Waals surface area contributed by atoms with Gasteiger partial charge in [-0.25, -0.2) is 0 Å². The van der Waals surface area contributed by atoms with E-state index in [1.807, 2.05) is 25.2 Å². The third-order valence-corrected chi connectivity index (χ3v) is 3.26. The van der Waals surface area contributed by atoms with Crippen LogP contribution in [-0.4, -0.2) is 21.9 Å². The van der Waals surface area contributed by atoms with Gasteiger partial charge in [-0.2, -0.15) is 0 Å². The molecule has 0 saturated carbocycles. The molecule has 1 amide bonds. The van der Waals surface area contributed by atoms with Crippen molar-refractivity contribution >= 4 is 11.7 Å². The number of hydrogen-bond donors (Lipinski definition) is 3. The fraction of sp³-hybridized carbons (Fsp3) is 0.250. The van der Waals surface area contributed by atoms with Gasteiger partial charge in [-0.3, -0.25) is 15.2 Å². The summed E-state index contributed by atoms with van der Waals surface area (Å²) in [6.45, 7) is 4.44. The van der Waals surface area contributed by atoms with Crippen LogP contribution in [0.25, 0.3) is 0 Å². The Morgan fingerprint density at radius 3 is 2.96 bits per heavy atom. The summed E-state index contributed by atoms with van der Waals surface area (Å²) in [6, 6.07) is 3.60. The summed E-state index contributed by atoms with van der Waals surface area (Å²) >= 11 is 0. The van der Waals surface area contributed by atoms with E-state index in [-0.39, 0.29) is 18.2 Å². The van der Waals surface area contributed by atoms with Crippen molar-refractivity contribution in [1.29, 1.82) is 5.41 Å². The Bertz CT molecular complexity index is 687. The van der Waals surface area contributed by atoms with Gasteiger partial charge in [-0.15, -0.1) is 0 Å². The van der Waals surface area contributed by atoms with E-state index in [0.717, 1.165) is 22.6 Å². The van der Waals surface area contributed by atoms with E-state index >= 15 is 0 Å². The predicted molar refractivity (Wildman–Crippen MR) is 84.6 cm³/mol. The van der Waals surface area contributed by atoms with Gasteiger partial charge in [0.1, 0.15) is 18.1 Å². The number of amidine groups is 1. The van der Waals surface area contributed by atoms with Crippen LogP contribution in [0.3, 0.4) is 0 Å². The molecule has 2 heterocycles. The first-order valence-electron chi connectivity index (χ1n) is 7.25. The zero-order chi connectivity index (χ0) is 16.7. The minimum absolute atomic E-state index is 0.0499. The van der Waals surface area contributed by atoms with E-state index in [4.69, 9.17) is 9.93 Å². The molecule has 120 valence electrons. The largest absolute Gasteiger partial charge is 0.361 e. The van der Waals surface area contributed by atoms with Gasteiger partial charge in [0.25, 0.3) is 0 Å². The molecule has 2 rings (SSSR count). The molecule has 7 heteroatoms. The molecule has 0 atom stereocenters. The number of aromatic nitrogens is 2. The fourth-order valence-corrected chi connectivity index (χ4v) is 2.07. The van der Waals surface area contributed by atoms with Gasteiger partial charge in [0.15, 0.2) is 0 Å². The number of carbonyl (C=O) groups is 1. The molecule has 0 aliphatic carbocycles. The monoisotopic (exact) mass is 314 g/mol. The van der Waals surface area contributed by atoms with E-state index in [1.54, 1.807) is 30.7 Å². The molecule has 0 saturated heterocycles. The zero-order valence-electron chi connectivity index (χ0n) is 13.2. The number of amides is 1. The molecule has 0 aromatic carbocycles. The van der Waals surface area contributed by atoms with Gasteiger partial charge < -0.3 is 15.2 Å². The van der Waals surface area contributed by atoms with Crippen molar-refractivity contribution in [3.05, 3.63) is 59.4 Å². The van der Waals surface area contributed by atoms with Crippen molar-refractivity contribution in [1.82, 2.24) is 15.5 Å². The average molecular weight is 314 g/mol. The van der Waals surface area contributed by atoms with Crippen molar-refractivity contribution in [2.24, 2.45) is 0 Å². The summed E-state index contributed by atoms with van der Waals surface area (Å²) in [5, 5.41) is 16.0. The smallest absolute Gasteiger partial charge is 0.229 e. The molecule has 4 N–H and O–H groups in total. The van der Waals surface area contributed by atoms with Crippen LogP contribution < -0.4 is 10.6 Å². The topological polar surface area (TPSA) is 108 Å². The summed E-state index contributed by atoms with van der Waals surface area (Å²) in [7, 11) is 0. The molecule has 0 aliphatic heterocycles. The second kappa shape index (κ2) is 8.00. The highest BCUT2D eigenvalue weighted by Crippen LogP contribution is 2.09. The standard InChI is InChI=1S/C16H19N5O2/c1-11-14(12(2)23-21-11)10-19-7-5-15(17)20-16(22)8-13-4-3-6-18-9-13/h3-7,9,19H,8,10H2,1-2H3,(H2,17,20,22)/p+1. The number of nitrogens with zero attached hydrogens (tertiary/aromatic N) is 2. The summed E-state index contributed by atoms with van der Waals surface area (Å²) in [4.78, 5) is 15.7. The predicted octanol–water partition coefficient (Wildman–Crippen LogP) is 0.600. The molecule has 0 aliphatic rings. The summed E-state index contributed by atoms with van der Waals surface area (Å²) in [5.74, 6) is 0.610. The number of aryl methyl sites for hydroxylation is 2. The Morgan fingerprint density at radius 1 is 1.48 bits per heavy atom. The maximum atomic E-state index is 11.8. The Labute approximate surface area is 134 Å². The average Bonchev–Trinajstić information content (AvgIpc) is 2.83. The molecule has 0 unspecified atom stereocenters. The van der Waals surface area contributed by atoms with Crippen LogP contribution in [0, 0.1) is 19.3 Å². The maximum absolute atomic E-state index is 11.8. The molecule has 0 radical (unpaired) electrons. The minimum atomic E-state index is -0.238. The lowest BCUT2D eigenvalue weighted by Crippen LogP contribution is -2.76. The van der Waals surface area contributed by atoms with Crippen LogP contribution in [0.4, 0.5) is 0 Å². The molecule has 2 aromatic rings. The third kappa shape index (κ3) is 5.15. The Hall–Kier alpha value is -2.80. The van der Waals surface area contributed by atoms with E-state index in [0.29, 0.717) is 6.54 Å². The van der Waals surface area contributed by atoms with Crippen molar-refractivity contribution in [3.8, 4) is 0 Å². The number of rotatable bonds is 6. The molecular weight excluding hydrogens is 294 g/mol. The van der Waals surface area contributed by atoms with Crippen LogP contribution >= 0.6 is 0 Å². The van der Waals surface area contributed by atoms with E-state index in [2.05, 4.69) is 15.5 Å². The first-order chi connectivity index (χ1) is 11.1. The molecule has 23 heavy (non-hydrogen) atoms. The number of carbonyl (C=O) groups excluding carboxylic acids is 1. The lowest BCUT2D eigenvalue weighted by molar-refractivity contribution is -0.604. The summed E-state index contributed by atoms with van der Waals surface area (Å²) < 4.78 is 5.08. The van der Waals surface area contributed by atoms with Crippen molar-refractivity contribution in [3.63, 3.8) is 0 Å². The minimum Gasteiger partial charge on any atom is -0.361 e. The molecule has 2 aromatic heterocycles. The molecule has 0 spiro atoms. The first kappa shape index (κ1) is 16.6. The van der Waals surface area contributed by atoms with E-state index < -0.39 is 0 Å². The third-order valence-electron chi connectivity index (χ3n) is 3.26. The highest BCUT2D eigenvalue weighted by atomic mass is 16.5. The number of nitrogens with two attached hydrogens (primary N) is 1. The Balaban J connectivity index is 1.75. The SMILES string of the molecule is Cc1noc(C)c1C[NH2+]C=CC(=N)NC(=O)Cc1cccnc1. The van der Waals surface area contributed by atoms with Crippen LogP contribution in [-0.2, 0) is 17.8 Å².